The van der Waals surface area contributed by atoms with E-state index in [1.165, 1.54) is 6.07 Å². The Labute approximate surface area is 155 Å². The first-order chi connectivity index (χ1) is 12.5. The summed E-state index contributed by atoms with van der Waals surface area (Å²) >= 11 is 1.10. The highest BCUT2D eigenvalue weighted by atomic mass is 32.1. The number of thiazole rings is 1. The number of halogens is 2. The molecule has 5 nitrogen and oxygen atoms in total. The smallest absolute Gasteiger partial charge is 0.230 e. The highest BCUT2D eigenvalue weighted by Gasteiger charge is 2.35. The van der Waals surface area contributed by atoms with Crippen molar-refractivity contribution >= 4 is 32.6 Å². The first-order valence-electron chi connectivity index (χ1n) is 9.06. The van der Waals surface area contributed by atoms with E-state index in [0.29, 0.717) is 15.9 Å². The van der Waals surface area contributed by atoms with Crippen LogP contribution in [0.4, 0.5) is 13.9 Å². The van der Waals surface area contributed by atoms with Gasteiger partial charge in [-0.2, -0.15) is 0 Å². The van der Waals surface area contributed by atoms with Gasteiger partial charge in [0.2, 0.25) is 5.91 Å². The zero-order valence-electron chi connectivity index (χ0n) is 14.7. The van der Waals surface area contributed by atoms with E-state index < -0.39 is 11.6 Å². The number of fused-ring (bicyclic) bond motifs is 1. The van der Waals surface area contributed by atoms with Crippen LogP contribution in [0.25, 0.3) is 10.2 Å². The van der Waals surface area contributed by atoms with Crippen LogP contribution in [0.1, 0.15) is 19.8 Å². The second-order valence-corrected chi connectivity index (χ2v) is 8.11. The number of likely N-dealkylation sites (tertiary alicyclic amines) is 2. The van der Waals surface area contributed by atoms with Crippen molar-refractivity contribution in [3.63, 3.8) is 0 Å². The largest absolute Gasteiger partial charge is 0.302 e. The molecule has 0 aliphatic carbocycles. The van der Waals surface area contributed by atoms with E-state index in [-0.39, 0.29) is 17.3 Å². The Bertz CT molecular complexity index is 821. The van der Waals surface area contributed by atoms with Gasteiger partial charge in [0.15, 0.2) is 10.9 Å². The number of nitrogens with zero attached hydrogens (tertiary/aromatic N) is 3. The van der Waals surface area contributed by atoms with Crippen molar-refractivity contribution in [1.82, 2.24) is 14.8 Å². The summed E-state index contributed by atoms with van der Waals surface area (Å²) in [6.45, 7) is 7.18. The standard InChI is InChI=1S/C18H22F2N4OS/c1-2-23-9-13(10-23)24-5-3-4-11(8-24)17(25)22-18-21-16-14(20)6-12(19)7-15(16)26-18/h6-7,11,13H,2-5,8-10H2,1H3,(H,21,22,25). The van der Waals surface area contributed by atoms with Gasteiger partial charge >= 0.3 is 0 Å². The number of carbonyl (C=O) groups is 1. The molecule has 26 heavy (non-hydrogen) atoms. The predicted octanol–water partition coefficient (Wildman–Crippen LogP) is 2.93. The summed E-state index contributed by atoms with van der Waals surface area (Å²) in [5.41, 5.74) is 0.103. The van der Waals surface area contributed by atoms with Crippen LogP contribution in [-0.4, -0.2) is 59.5 Å². The van der Waals surface area contributed by atoms with Gasteiger partial charge in [0.25, 0.3) is 0 Å². The Kier molecular flexibility index (Phi) is 4.90. The average Bonchev–Trinajstić information content (AvgIpc) is 2.97. The summed E-state index contributed by atoms with van der Waals surface area (Å²) in [6.07, 6.45) is 1.85. The monoisotopic (exact) mass is 380 g/mol. The second-order valence-electron chi connectivity index (χ2n) is 7.08. The molecule has 2 aromatic rings. The van der Waals surface area contributed by atoms with Gasteiger partial charge in [-0.05, 0) is 32.0 Å². The highest BCUT2D eigenvalue weighted by Crippen LogP contribution is 2.30. The van der Waals surface area contributed by atoms with Crippen molar-refractivity contribution < 1.29 is 13.6 Å². The molecular formula is C18H22F2N4OS. The van der Waals surface area contributed by atoms with E-state index in [1.807, 2.05) is 0 Å². The summed E-state index contributed by atoms with van der Waals surface area (Å²) in [6, 6.07) is 2.60. The molecule has 1 N–H and O–H groups in total. The van der Waals surface area contributed by atoms with Gasteiger partial charge in [0.1, 0.15) is 11.3 Å². The Morgan fingerprint density at radius 1 is 1.35 bits per heavy atom. The van der Waals surface area contributed by atoms with Crippen molar-refractivity contribution in [2.75, 3.05) is 38.0 Å². The van der Waals surface area contributed by atoms with Crippen molar-refractivity contribution in [2.24, 2.45) is 5.92 Å². The highest BCUT2D eigenvalue weighted by molar-refractivity contribution is 7.22. The van der Waals surface area contributed by atoms with Crippen LogP contribution in [0.3, 0.4) is 0 Å². The Morgan fingerprint density at radius 2 is 2.15 bits per heavy atom. The van der Waals surface area contributed by atoms with Crippen molar-refractivity contribution in [1.29, 1.82) is 0 Å². The number of nitrogens with one attached hydrogen (secondary N) is 1. The van der Waals surface area contributed by atoms with Crippen LogP contribution in [0.15, 0.2) is 12.1 Å². The topological polar surface area (TPSA) is 48.5 Å². The number of anilines is 1. The fourth-order valence-corrected chi connectivity index (χ4v) is 4.71. The first kappa shape index (κ1) is 17.8. The van der Waals surface area contributed by atoms with Gasteiger partial charge in [0.05, 0.1) is 10.6 Å². The molecule has 2 fully saturated rings. The molecule has 1 aromatic carbocycles. The molecular weight excluding hydrogens is 358 g/mol. The van der Waals surface area contributed by atoms with Crippen LogP contribution >= 0.6 is 11.3 Å². The Balaban J connectivity index is 1.40. The van der Waals surface area contributed by atoms with Gasteiger partial charge in [-0.25, -0.2) is 13.8 Å². The van der Waals surface area contributed by atoms with Gasteiger partial charge in [-0.3, -0.25) is 9.69 Å². The zero-order valence-corrected chi connectivity index (χ0v) is 15.5. The molecule has 1 amide bonds. The van der Waals surface area contributed by atoms with E-state index in [0.717, 1.165) is 63.0 Å². The quantitative estimate of drug-likeness (QED) is 0.886. The number of rotatable bonds is 4. The minimum Gasteiger partial charge on any atom is -0.302 e. The molecule has 1 unspecified atom stereocenters. The lowest BCUT2D eigenvalue weighted by Crippen LogP contribution is -2.61. The lowest BCUT2D eigenvalue weighted by Gasteiger charge is -2.47. The molecule has 0 saturated carbocycles. The van der Waals surface area contributed by atoms with Gasteiger partial charge < -0.3 is 10.2 Å². The molecule has 140 valence electrons. The molecule has 0 radical (unpaired) electrons. The summed E-state index contributed by atoms with van der Waals surface area (Å²) in [5, 5.41) is 3.13. The SMILES string of the molecule is CCN1CC(N2CCCC(C(=O)Nc3nc4c(F)cc(F)cc4s3)C2)C1. The van der Waals surface area contributed by atoms with Crippen LogP contribution < -0.4 is 5.32 Å². The van der Waals surface area contributed by atoms with E-state index in [4.69, 9.17) is 0 Å². The minimum atomic E-state index is -0.703. The molecule has 4 rings (SSSR count). The molecule has 3 heterocycles. The normalized spacial score (nSPS) is 22.5. The number of amides is 1. The first-order valence-corrected chi connectivity index (χ1v) is 9.88. The number of benzene rings is 1. The number of hydrogen-bond acceptors (Lipinski definition) is 5. The molecule has 2 saturated heterocycles. The van der Waals surface area contributed by atoms with Crippen molar-refractivity contribution in [2.45, 2.75) is 25.8 Å². The maximum atomic E-state index is 13.8. The van der Waals surface area contributed by atoms with E-state index in [9.17, 15) is 13.6 Å². The molecule has 8 heteroatoms. The number of aromatic nitrogens is 1. The molecule has 1 aromatic heterocycles. The third-order valence-electron chi connectivity index (χ3n) is 5.37. The van der Waals surface area contributed by atoms with Crippen LogP contribution in [0.2, 0.25) is 0 Å². The van der Waals surface area contributed by atoms with E-state index >= 15 is 0 Å². The third kappa shape index (κ3) is 3.45. The fraction of sp³-hybridized carbons (Fsp3) is 0.556. The van der Waals surface area contributed by atoms with Gasteiger partial charge in [-0.1, -0.05) is 18.3 Å². The summed E-state index contributed by atoms with van der Waals surface area (Å²) in [4.78, 5) is 21.6. The van der Waals surface area contributed by atoms with Crippen LogP contribution in [-0.2, 0) is 4.79 Å². The Morgan fingerprint density at radius 3 is 2.92 bits per heavy atom. The third-order valence-corrected chi connectivity index (χ3v) is 6.29. The molecule has 0 bridgehead atoms. The number of piperidine rings is 1. The second kappa shape index (κ2) is 7.17. The van der Waals surface area contributed by atoms with E-state index in [1.54, 1.807) is 0 Å². The van der Waals surface area contributed by atoms with Gasteiger partial charge in [-0.15, -0.1) is 0 Å². The maximum Gasteiger partial charge on any atom is 0.230 e. The Hall–Kier alpha value is -1.64. The van der Waals surface area contributed by atoms with Gasteiger partial charge in [0, 0.05) is 31.7 Å². The number of likely N-dealkylation sites (N-methyl/N-ethyl adjacent to an activating group) is 1. The lowest BCUT2D eigenvalue weighted by molar-refractivity contribution is -0.122. The number of hydrogen-bond donors (Lipinski definition) is 1. The summed E-state index contributed by atoms with van der Waals surface area (Å²) < 4.78 is 27.5. The fourth-order valence-electron chi connectivity index (χ4n) is 3.80. The minimum absolute atomic E-state index is 0.0821. The van der Waals surface area contributed by atoms with E-state index in [2.05, 4.69) is 27.0 Å². The lowest BCUT2D eigenvalue weighted by atomic mass is 9.94. The summed E-state index contributed by atoms with van der Waals surface area (Å²) in [7, 11) is 0. The predicted molar refractivity (Wildman–Crippen MR) is 98.4 cm³/mol. The number of carbonyl (C=O) groups excluding carboxylic acids is 1. The molecule has 2 aliphatic rings. The van der Waals surface area contributed by atoms with Crippen LogP contribution in [0, 0.1) is 17.6 Å². The van der Waals surface area contributed by atoms with Crippen molar-refractivity contribution in [3.8, 4) is 0 Å². The van der Waals surface area contributed by atoms with Crippen molar-refractivity contribution in [3.05, 3.63) is 23.8 Å². The molecule has 0 spiro atoms. The summed E-state index contributed by atoms with van der Waals surface area (Å²) in [5.74, 6) is -1.51. The molecule has 2 aliphatic heterocycles. The van der Waals surface area contributed by atoms with Crippen LogP contribution in [0.5, 0.6) is 0 Å². The molecule has 1 atom stereocenters. The zero-order chi connectivity index (χ0) is 18.3. The average molecular weight is 380 g/mol. The maximum absolute atomic E-state index is 13.8.